The minimum atomic E-state index is 0.565. The molecule has 1 N–H and O–H groups in total. The second kappa shape index (κ2) is 7.77. The number of fused-ring (bicyclic) bond motifs is 1. The highest BCUT2D eigenvalue weighted by molar-refractivity contribution is 5.90. The summed E-state index contributed by atoms with van der Waals surface area (Å²) in [5, 5.41) is 15.0. The Morgan fingerprint density at radius 1 is 1.00 bits per heavy atom. The van der Waals surface area contributed by atoms with Gasteiger partial charge < -0.3 is 4.90 Å². The van der Waals surface area contributed by atoms with Crippen LogP contribution in [0.2, 0.25) is 0 Å². The Morgan fingerprint density at radius 2 is 1.78 bits per heavy atom. The average molecular weight is 364 g/mol. The van der Waals surface area contributed by atoms with Gasteiger partial charge in [-0.1, -0.05) is 6.42 Å². The number of anilines is 1. The Labute approximate surface area is 158 Å². The molecule has 0 saturated heterocycles. The number of tetrazole rings is 1. The first-order chi connectivity index (χ1) is 13.3. The van der Waals surface area contributed by atoms with E-state index in [0.29, 0.717) is 5.82 Å². The van der Waals surface area contributed by atoms with E-state index in [1.807, 2.05) is 12.4 Å². The monoisotopic (exact) mass is 364 g/mol. The van der Waals surface area contributed by atoms with E-state index in [4.69, 9.17) is 4.98 Å². The lowest BCUT2D eigenvalue weighted by atomic mass is 9.92. The molecule has 0 bridgehead atoms. The predicted molar refractivity (Wildman–Crippen MR) is 103 cm³/mol. The van der Waals surface area contributed by atoms with Crippen LogP contribution in [0.25, 0.3) is 22.5 Å². The number of aryl methyl sites for hydroxylation is 1. The SMILES string of the molecule is CCN(CC)c1nc2c(c(-c3cncnc3)c1-c1nn[nH]n1)CCCCC2. The fourth-order valence-electron chi connectivity index (χ4n) is 3.88. The molecule has 0 aromatic carbocycles. The van der Waals surface area contributed by atoms with Crippen molar-refractivity contribution >= 4 is 5.82 Å². The van der Waals surface area contributed by atoms with Gasteiger partial charge in [-0.3, -0.25) is 0 Å². The third-order valence-electron chi connectivity index (χ3n) is 5.19. The third kappa shape index (κ3) is 3.27. The number of hydrogen-bond acceptors (Lipinski definition) is 7. The normalized spacial score (nSPS) is 13.9. The fourth-order valence-corrected chi connectivity index (χ4v) is 3.88. The molecule has 0 saturated carbocycles. The molecule has 3 heterocycles. The summed E-state index contributed by atoms with van der Waals surface area (Å²) in [5.41, 5.74) is 5.46. The van der Waals surface area contributed by atoms with Crippen molar-refractivity contribution in [3.63, 3.8) is 0 Å². The molecule has 140 valence electrons. The van der Waals surface area contributed by atoms with Crippen LogP contribution in [-0.2, 0) is 12.8 Å². The number of nitrogens with zero attached hydrogens (tertiary/aromatic N) is 7. The zero-order valence-corrected chi connectivity index (χ0v) is 15.8. The number of aromatic nitrogens is 7. The van der Waals surface area contributed by atoms with E-state index in [-0.39, 0.29) is 0 Å². The summed E-state index contributed by atoms with van der Waals surface area (Å²) in [6, 6.07) is 0. The van der Waals surface area contributed by atoms with E-state index in [2.05, 4.69) is 49.3 Å². The molecule has 0 amide bonds. The molecule has 1 aliphatic carbocycles. The fraction of sp³-hybridized carbons (Fsp3) is 0.474. The maximum atomic E-state index is 5.12. The lowest BCUT2D eigenvalue weighted by molar-refractivity contribution is 0.708. The summed E-state index contributed by atoms with van der Waals surface area (Å²) in [4.78, 5) is 15.9. The van der Waals surface area contributed by atoms with Gasteiger partial charge in [0.25, 0.3) is 0 Å². The number of hydrogen-bond donors (Lipinski definition) is 1. The molecule has 3 aromatic rings. The summed E-state index contributed by atoms with van der Waals surface area (Å²) >= 11 is 0. The van der Waals surface area contributed by atoms with Gasteiger partial charge in [0.1, 0.15) is 12.1 Å². The van der Waals surface area contributed by atoms with Crippen LogP contribution in [0.1, 0.15) is 44.4 Å². The largest absolute Gasteiger partial charge is 0.357 e. The Morgan fingerprint density at radius 3 is 2.48 bits per heavy atom. The van der Waals surface area contributed by atoms with Crippen molar-refractivity contribution in [1.82, 2.24) is 35.6 Å². The molecule has 0 fully saturated rings. The molecule has 8 nitrogen and oxygen atoms in total. The Bertz CT molecular complexity index is 888. The van der Waals surface area contributed by atoms with Crippen LogP contribution in [0.3, 0.4) is 0 Å². The summed E-state index contributed by atoms with van der Waals surface area (Å²) < 4.78 is 0. The van der Waals surface area contributed by atoms with E-state index in [9.17, 15) is 0 Å². The summed E-state index contributed by atoms with van der Waals surface area (Å²) in [7, 11) is 0. The predicted octanol–water partition coefficient (Wildman–Crippen LogP) is 2.83. The number of pyridine rings is 1. The van der Waals surface area contributed by atoms with Crippen molar-refractivity contribution in [2.24, 2.45) is 0 Å². The highest BCUT2D eigenvalue weighted by atomic mass is 15.5. The number of aromatic amines is 1. The van der Waals surface area contributed by atoms with Crippen molar-refractivity contribution in [3.05, 3.63) is 30.0 Å². The third-order valence-corrected chi connectivity index (χ3v) is 5.19. The van der Waals surface area contributed by atoms with Crippen molar-refractivity contribution < 1.29 is 0 Å². The minimum Gasteiger partial charge on any atom is -0.357 e. The molecule has 3 aromatic heterocycles. The maximum Gasteiger partial charge on any atom is 0.209 e. The molecule has 27 heavy (non-hydrogen) atoms. The van der Waals surface area contributed by atoms with Gasteiger partial charge in [0.15, 0.2) is 0 Å². The van der Waals surface area contributed by atoms with Crippen LogP contribution in [0.15, 0.2) is 18.7 Å². The van der Waals surface area contributed by atoms with Crippen molar-refractivity contribution in [3.8, 4) is 22.5 Å². The minimum absolute atomic E-state index is 0.565. The summed E-state index contributed by atoms with van der Waals surface area (Å²) in [6.45, 7) is 6.00. The second-order valence-electron chi connectivity index (χ2n) is 6.71. The first-order valence-electron chi connectivity index (χ1n) is 9.63. The van der Waals surface area contributed by atoms with Gasteiger partial charge in [-0.15, -0.1) is 10.2 Å². The van der Waals surface area contributed by atoms with E-state index in [0.717, 1.165) is 54.9 Å². The van der Waals surface area contributed by atoms with E-state index in [1.54, 1.807) is 6.33 Å². The number of rotatable bonds is 5. The first-order valence-corrected chi connectivity index (χ1v) is 9.63. The molecule has 4 rings (SSSR count). The van der Waals surface area contributed by atoms with Gasteiger partial charge in [-0.25, -0.2) is 15.0 Å². The molecule has 0 radical (unpaired) electrons. The molecule has 8 heteroatoms. The van der Waals surface area contributed by atoms with Gasteiger partial charge in [0, 0.05) is 42.3 Å². The summed E-state index contributed by atoms with van der Waals surface area (Å²) in [5.74, 6) is 1.48. The average Bonchev–Trinajstić information content (AvgIpc) is 3.14. The second-order valence-corrected chi connectivity index (χ2v) is 6.71. The lowest BCUT2D eigenvalue weighted by Gasteiger charge is -2.26. The van der Waals surface area contributed by atoms with Crippen molar-refractivity contribution in [1.29, 1.82) is 0 Å². The van der Waals surface area contributed by atoms with Gasteiger partial charge in [-0.2, -0.15) is 5.21 Å². The van der Waals surface area contributed by atoms with Crippen LogP contribution < -0.4 is 4.90 Å². The zero-order chi connectivity index (χ0) is 18.6. The van der Waals surface area contributed by atoms with Crippen molar-refractivity contribution in [2.75, 3.05) is 18.0 Å². The van der Waals surface area contributed by atoms with E-state index < -0.39 is 0 Å². The van der Waals surface area contributed by atoms with Crippen LogP contribution in [-0.4, -0.2) is 48.7 Å². The van der Waals surface area contributed by atoms with Gasteiger partial charge in [-0.05, 0) is 50.3 Å². The number of nitrogens with one attached hydrogen (secondary N) is 1. The molecular weight excluding hydrogens is 340 g/mol. The zero-order valence-electron chi connectivity index (χ0n) is 15.8. The molecule has 1 aliphatic rings. The van der Waals surface area contributed by atoms with E-state index >= 15 is 0 Å². The van der Waals surface area contributed by atoms with Crippen LogP contribution in [0.4, 0.5) is 5.82 Å². The number of H-pyrrole nitrogens is 1. The lowest BCUT2D eigenvalue weighted by Crippen LogP contribution is -2.25. The summed E-state index contributed by atoms with van der Waals surface area (Å²) in [6.07, 6.45) is 10.8. The van der Waals surface area contributed by atoms with Gasteiger partial charge >= 0.3 is 0 Å². The van der Waals surface area contributed by atoms with Gasteiger partial charge in [0.05, 0.1) is 5.56 Å². The molecule has 0 unspecified atom stereocenters. The Hall–Kier alpha value is -2.90. The standard InChI is InChI=1S/C19H24N8/c1-3-27(4-2)19-17(18-23-25-26-24-18)16(13-10-20-12-21-11-13)14-8-6-5-7-9-15(14)22-19/h10-12H,3-9H2,1-2H3,(H,23,24,25,26). The Balaban J connectivity index is 2.07. The van der Waals surface area contributed by atoms with Crippen LogP contribution in [0.5, 0.6) is 0 Å². The molecular formula is C19H24N8. The molecule has 0 aliphatic heterocycles. The highest BCUT2D eigenvalue weighted by Crippen LogP contribution is 2.41. The van der Waals surface area contributed by atoms with Crippen molar-refractivity contribution in [2.45, 2.75) is 46.0 Å². The van der Waals surface area contributed by atoms with Crippen LogP contribution in [0, 0.1) is 0 Å². The Kier molecular flexibility index (Phi) is 5.04. The van der Waals surface area contributed by atoms with Gasteiger partial charge in [0.2, 0.25) is 5.82 Å². The van der Waals surface area contributed by atoms with Crippen LogP contribution >= 0.6 is 0 Å². The molecule has 0 atom stereocenters. The van der Waals surface area contributed by atoms with E-state index in [1.165, 1.54) is 24.1 Å². The smallest absolute Gasteiger partial charge is 0.209 e. The highest BCUT2D eigenvalue weighted by Gasteiger charge is 2.27. The molecule has 0 spiro atoms. The first kappa shape index (κ1) is 17.5. The quantitative estimate of drug-likeness (QED) is 0.695. The topological polar surface area (TPSA) is 96.4 Å². The maximum absolute atomic E-state index is 5.12.